The van der Waals surface area contributed by atoms with Crippen LogP contribution in [0.5, 0.6) is 0 Å². The zero-order chi connectivity index (χ0) is 22.5. The maximum absolute atomic E-state index is 10.1. The van der Waals surface area contributed by atoms with Gasteiger partial charge in [0.05, 0.1) is 0 Å². The number of hydrogen-bond acceptors (Lipinski definition) is 3. The zero-order valence-electron chi connectivity index (χ0n) is 18.1. The Hall–Kier alpha value is 0.194. The van der Waals surface area contributed by atoms with E-state index in [1.54, 1.807) is 0 Å². The normalized spacial score (nSPS) is 8.93. The molecule has 5 nitrogen and oxygen atoms in total. The molecule has 0 bridgehead atoms. The summed E-state index contributed by atoms with van der Waals surface area (Å²) in [6.07, 6.45) is 14.4. The molecule has 0 aliphatic heterocycles. The Balaban J connectivity index is -0.000000150. The van der Waals surface area contributed by atoms with Crippen LogP contribution in [0.4, 0.5) is 0 Å². The summed E-state index contributed by atoms with van der Waals surface area (Å²) in [7, 11) is 9.78. The number of unbranched alkanes of at least 4 members (excludes halogenated alkanes) is 9. The van der Waals surface area contributed by atoms with Gasteiger partial charge in [-0.2, -0.15) is 0 Å². The van der Waals surface area contributed by atoms with Crippen molar-refractivity contribution in [3.63, 3.8) is 0 Å². The standard InChI is InChI=1S/2C8H17NO.C4H10O.2ClH.Ti/c2*1-2-3-4-5-6-7-8(9)10;1-2-3-4-5;;;/h2*2-7H2,1H3,(H2,9,10);5H,2-4H2,1H3;2*1H;/q;;;;;+2/p-4. The van der Waals surface area contributed by atoms with Crippen LogP contribution in [-0.2, 0) is 26.6 Å². The number of carbonyl (C=O) groups excluding carboxylic acids is 2. The first-order valence-electron chi connectivity index (χ1n) is 10.4. The predicted octanol–water partition coefficient (Wildman–Crippen LogP) is 8.01. The van der Waals surface area contributed by atoms with Crippen LogP contribution >= 0.6 is 18.6 Å². The first-order valence-corrected chi connectivity index (χ1v) is 14.7. The fourth-order valence-electron chi connectivity index (χ4n) is 1.94. The van der Waals surface area contributed by atoms with Gasteiger partial charge in [-0.1, -0.05) is 78.6 Å². The molecular formula is C20H42Cl2N2O3Ti-2. The topological polar surface area (TPSA) is 102 Å². The number of rotatable bonds is 14. The van der Waals surface area contributed by atoms with E-state index in [0.717, 1.165) is 38.5 Å². The van der Waals surface area contributed by atoms with Gasteiger partial charge in [-0.15, -0.1) is 0 Å². The molecule has 0 aromatic rings. The second-order valence-corrected chi connectivity index (χ2v) is 8.90. The molecule has 0 saturated heterocycles. The third kappa shape index (κ3) is 63.4. The number of halogens is 2. The Morgan fingerprint density at radius 3 is 1.14 bits per heavy atom. The van der Waals surface area contributed by atoms with Crippen molar-refractivity contribution in [3.8, 4) is 0 Å². The first-order chi connectivity index (χ1) is 13.4. The van der Waals surface area contributed by atoms with E-state index in [9.17, 15) is 9.59 Å². The van der Waals surface area contributed by atoms with Crippen molar-refractivity contribution >= 4 is 30.4 Å². The Labute approximate surface area is 190 Å². The molecule has 0 aliphatic carbocycles. The van der Waals surface area contributed by atoms with Gasteiger partial charge in [0.2, 0.25) is 0 Å². The molecule has 0 atom stereocenters. The molecule has 2 amide bonds. The van der Waals surface area contributed by atoms with Crippen molar-refractivity contribution in [2.24, 2.45) is 0 Å². The van der Waals surface area contributed by atoms with Gasteiger partial charge in [0.25, 0.3) is 0 Å². The average molecular weight is 477 g/mol. The summed E-state index contributed by atoms with van der Waals surface area (Å²) in [5.41, 5.74) is 13.2. The number of aliphatic hydroxyl groups is 1. The van der Waals surface area contributed by atoms with E-state index in [0.29, 0.717) is 19.4 Å². The molecule has 0 heterocycles. The molecule has 170 valence electrons. The van der Waals surface area contributed by atoms with Crippen LogP contribution in [0.1, 0.15) is 111 Å². The summed E-state index contributed by atoms with van der Waals surface area (Å²) >= 11 is -0.556. The quantitative estimate of drug-likeness (QED) is 0.202. The van der Waals surface area contributed by atoms with Crippen molar-refractivity contribution in [2.45, 2.75) is 111 Å². The van der Waals surface area contributed by atoms with Gasteiger partial charge >= 0.3 is 35.6 Å². The van der Waals surface area contributed by atoms with E-state index in [1.165, 1.54) is 38.5 Å². The molecule has 0 aromatic heterocycles. The molecule has 3 N–H and O–H groups in total. The average Bonchev–Trinajstić information content (AvgIpc) is 2.63. The molecule has 0 unspecified atom stereocenters. The maximum atomic E-state index is 10.1. The van der Waals surface area contributed by atoms with Gasteiger partial charge in [-0.05, 0) is 32.1 Å². The Morgan fingerprint density at radius 2 is 0.964 bits per heavy atom. The third-order valence-corrected chi connectivity index (χ3v) is 3.53. The summed E-state index contributed by atoms with van der Waals surface area (Å²) in [5, 5.41) is 8.07. The minimum absolute atomic E-state index is 0.344. The number of hydrogen-bond donors (Lipinski definition) is 1. The van der Waals surface area contributed by atoms with E-state index in [1.807, 2.05) is 0 Å². The van der Waals surface area contributed by atoms with Gasteiger partial charge in [0.1, 0.15) is 0 Å². The van der Waals surface area contributed by atoms with E-state index in [-0.39, 0.29) is 0 Å². The Bertz CT molecular complexity index is 275. The monoisotopic (exact) mass is 476 g/mol. The number of nitrogens with one attached hydrogen (secondary N) is 2. The van der Waals surface area contributed by atoms with Crippen molar-refractivity contribution in [2.75, 3.05) is 6.61 Å². The van der Waals surface area contributed by atoms with Gasteiger partial charge in [-0.25, -0.2) is 0 Å². The van der Waals surface area contributed by atoms with Crippen molar-refractivity contribution < 1.29 is 31.7 Å². The van der Waals surface area contributed by atoms with E-state index < -0.39 is 28.8 Å². The minimum atomic E-state index is -0.556. The molecule has 0 spiro atoms. The number of carbonyl (C=O) groups is 2. The summed E-state index contributed by atoms with van der Waals surface area (Å²) in [4.78, 5) is 20.3. The molecule has 0 fully saturated rings. The molecular weight excluding hydrogens is 435 g/mol. The van der Waals surface area contributed by atoms with Crippen LogP contribution in [0, 0.1) is 0 Å². The van der Waals surface area contributed by atoms with Crippen LogP contribution in [0.3, 0.4) is 0 Å². The van der Waals surface area contributed by atoms with Crippen molar-refractivity contribution in [1.82, 2.24) is 0 Å². The van der Waals surface area contributed by atoms with E-state index in [2.05, 4.69) is 20.8 Å². The van der Waals surface area contributed by atoms with E-state index in [4.69, 9.17) is 35.2 Å². The molecule has 8 heteroatoms. The van der Waals surface area contributed by atoms with Crippen LogP contribution in [0.25, 0.3) is 11.5 Å². The number of aliphatic hydroxyl groups excluding tert-OH is 1. The molecule has 0 rings (SSSR count). The summed E-state index contributed by atoms with van der Waals surface area (Å²) in [6.45, 7) is 6.72. The Kier molecular flexibility index (Phi) is 48.2. The van der Waals surface area contributed by atoms with Crippen molar-refractivity contribution in [1.29, 1.82) is 0 Å². The third-order valence-electron chi connectivity index (χ3n) is 3.53. The van der Waals surface area contributed by atoms with Gasteiger partial charge in [-0.3, -0.25) is 0 Å². The Morgan fingerprint density at radius 1 is 0.679 bits per heavy atom. The molecule has 28 heavy (non-hydrogen) atoms. The number of amides is 2. The van der Waals surface area contributed by atoms with Gasteiger partial charge < -0.3 is 26.2 Å². The van der Waals surface area contributed by atoms with Crippen LogP contribution in [0.15, 0.2) is 0 Å². The fourth-order valence-corrected chi connectivity index (χ4v) is 1.94. The SMILES string of the molecule is CCCCCCCC([NH-])=O.CCCCCCCC([NH-])=O.CCCCO.[Cl][Ti][Cl]. The summed E-state index contributed by atoms with van der Waals surface area (Å²) < 4.78 is 0. The van der Waals surface area contributed by atoms with Crippen molar-refractivity contribution in [3.05, 3.63) is 11.5 Å². The van der Waals surface area contributed by atoms with Gasteiger partial charge in [0, 0.05) is 18.4 Å². The first kappa shape index (κ1) is 35.6. The predicted molar refractivity (Wildman–Crippen MR) is 119 cm³/mol. The van der Waals surface area contributed by atoms with Crippen LogP contribution in [0.2, 0.25) is 0 Å². The molecule has 0 aromatic carbocycles. The van der Waals surface area contributed by atoms with Gasteiger partial charge in [0.15, 0.2) is 0 Å². The second kappa shape index (κ2) is 37.9. The van der Waals surface area contributed by atoms with Crippen LogP contribution in [-0.4, -0.2) is 23.5 Å². The summed E-state index contributed by atoms with van der Waals surface area (Å²) in [5.74, 6) is -0.840. The second-order valence-electron chi connectivity index (χ2n) is 6.32. The molecule has 0 aliphatic rings. The van der Waals surface area contributed by atoms with E-state index >= 15 is 0 Å². The fraction of sp³-hybridized carbons (Fsp3) is 0.900. The summed E-state index contributed by atoms with van der Waals surface area (Å²) in [6, 6.07) is 0. The van der Waals surface area contributed by atoms with Crippen LogP contribution < -0.4 is 0 Å². The molecule has 0 saturated carbocycles. The zero-order valence-corrected chi connectivity index (χ0v) is 21.2. The molecule has 0 radical (unpaired) electrons.